The van der Waals surface area contributed by atoms with Crippen LogP contribution in [0.1, 0.15) is 13.8 Å². The quantitative estimate of drug-likeness (QED) is 0.794. The molecule has 1 aromatic rings. The van der Waals surface area contributed by atoms with Crippen molar-refractivity contribution < 1.29 is 4.79 Å². The van der Waals surface area contributed by atoms with E-state index >= 15 is 0 Å². The minimum Gasteiger partial charge on any atom is -0.372 e. The largest absolute Gasteiger partial charge is 0.372 e. The summed E-state index contributed by atoms with van der Waals surface area (Å²) in [6, 6.07) is 5.94. The van der Waals surface area contributed by atoms with E-state index in [1.165, 1.54) is 0 Å². The molecular formula is C12H15BrN2O. The lowest BCUT2D eigenvalue weighted by Gasteiger charge is -2.26. The van der Waals surface area contributed by atoms with Gasteiger partial charge in [0.1, 0.15) is 0 Å². The number of anilines is 2. The van der Waals surface area contributed by atoms with E-state index in [-0.39, 0.29) is 11.3 Å². The number of hydrogen-bond acceptors (Lipinski definition) is 2. The molecule has 16 heavy (non-hydrogen) atoms. The molecule has 1 aliphatic rings. The second-order valence-corrected chi connectivity index (χ2v) is 5.77. The average molecular weight is 283 g/mol. The van der Waals surface area contributed by atoms with Crippen molar-refractivity contribution in [3.8, 4) is 0 Å². The summed E-state index contributed by atoms with van der Waals surface area (Å²) in [5.41, 5.74) is 1.55. The van der Waals surface area contributed by atoms with E-state index in [0.717, 1.165) is 15.8 Å². The molecule has 2 rings (SSSR count). The Morgan fingerprint density at radius 1 is 1.44 bits per heavy atom. The van der Waals surface area contributed by atoms with Crippen molar-refractivity contribution in [1.82, 2.24) is 0 Å². The lowest BCUT2D eigenvalue weighted by molar-refractivity contribution is -0.123. The maximum Gasteiger partial charge on any atom is 0.231 e. The zero-order chi connectivity index (χ0) is 11.9. The Morgan fingerprint density at radius 2 is 2.12 bits per heavy atom. The van der Waals surface area contributed by atoms with Crippen LogP contribution in [0.25, 0.3) is 0 Å². The Labute approximate surface area is 104 Å². The van der Waals surface area contributed by atoms with Gasteiger partial charge in [-0.1, -0.05) is 15.9 Å². The summed E-state index contributed by atoms with van der Waals surface area (Å²) < 4.78 is 0.972. The van der Waals surface area contributed by atoms with E-state index in [0.29, 0.717) is 6.54 Å². The summed E-state index contributed by atoms with van der Waals surface area (Å²) in [6.07, 6.45) is 0. The number of amides is 1. The van der Waals surface area contributed by atoms with Gasteiger partial charge in [0, 0.05) is 18.1 Å². The molecule has 0 unspecified atom stereocenters. The molecule has 0 fully saturated rings. The summed E-state index contributed by atoms with van der Waals surface area (Å²) in [6.45, 7) is 4.63. The van der Waals surface area contributed by atoms with Crippen LogP contribution in [-0.4, -0.2) is 19.5 Å². The Bertz CT molecular complexity index is 443. The van der Waals surface area contributed by atoms with E-state index in [2.05, 4.69) is 26.1 Å². The number of nitrogens with one attached hydrogen (secondary N) is 1. The minimum absolute atomic E-state index is 0.0659. The predicted molar refractivity (Wildman–Crippen MR) is 69.8 cm³/mol. The summed E-state index contributed by atoms with van der Waals surface area (Å²) in [4.78, 5) is 14.1. The van der Waals surface area contributed by atoms with Gasteiger partial charge >= 0.3 is 0 Å². The van der Waals surface area contributed by atoms with Crippen LogP contribution in [0, 0.1) is 5.41 Å². The number of carbonyl (C=O) groups excluding carboxylic acids is 1. The number of nitrogens with zero attached hydrogens (tertiary/aromatic N) is 1. The molecule has 1 aromatic carbocycles. The Hall–Kier alpha value is -1.03. The van der Waals surface area contributed by atoms with Crippen LogP contribution in [0.4, 0.5) is 11.4 Å². The summed E-state index contributed by atoms with van der Waals surface area (Å²) in [7, 11) is 2.01. The van der Waals surface area contributed by atoms with Gasteiger partial charge in [-0.2, -0.15) is 0 Å². The maximum absolute atomic E-state index is 12.0. The van der Waals surface area contributed by atoms with Crippen molar-refractivity contribution in [1.29, 1.82) is 0 Å². The minimum atomic E-state index is -0.375. The van der Waals surface area contributed by atoms with Crippen LogP contribution in [0.15, 0.2) is 22.7 Å². The molecule has 0 aromatic heterocycles. The highest BCUT2D eigenvalue weighted by Crippen LogP contribution is 2.34. The Balaban J connectivity index is 2.49. The highest BCUT2D eigenvalue weighted by Gasteiger charge is 2.33. The van der Waals surface area contributed by atoms with E-state index in [4.69, 9.17) is 0 Å². The van der Waals surface area contributed by atoms with Gasteiger partial charge in [0.2, 0.25) is 5.91 Å². The number of halogens is 1. The van der Waals surface area contributed by atoms with Crippen molar-refractivity contribution in [3.63, 3.8) is 0 Å². The highest BCUT2D eigenvalue weighted by atomic mass is 79.9. The molecule has 4 heteroatoms. The first-order valence-electron chi connectivity index (χ1n) is 5.22. The van der Waals surface area contributed by atoms with Crippen LogP contribution in [0.3, 0.4) is 0 Å². The van der Waals surface area contributed by atoms with Gasteiger partial charge in [-0.15, -0.1) is 0 Å². The van der Waals surface area contributed by atoms with E-state index in [1.807, 2.05) is 39.1 Å². The fraction of sp³-hybridized carbons (Fsp3) is 0.417. The van der Waals surface area contributed by atoms with Crippen molar-refractivity contribution in [3.05, 3.63) is 22.7 Å². The van der Waals surface area contributed by atoms with E-state index in [1.54, 1.807) is 0 Å². The first kappa shape index (κ1) is 11.5. The molecule has 1 aliphatic heterocycles. The van der Waals surface area contributed by atoms with Gasteiger partial charge in [0.05, 0.1) is 16.8 Å². The van der Waals surface area contributed by atoms with Gasteiger partial charge in [0.15, 0.2) is 0 Å². The van der Waals surface area contributed by atoms with Crippen LogP contribution in [0.2, 0.25) is 0 Å². The summed E-state index contributed by atoms with van der Waals surface area (Å²) >= 11 is 3.41. The van der Waals surface area contributed by atoms with Crippen molar-refractivity contribution in [2.24, 2.45) is 5.41 Å². The summed E-state index contributed by atoms with van der Waals surface area (Å²) in [5.74, 6) is 0.0659. The molecule has 0 aliphatic carbocycles. The molecule has 0 radical (unpaired) electrons. The zero-order valence-electron chi connectivity index (χ0n) is 9.67. The maximum atomic E-state index is 12.0. The molecule has 1 heterocycles. The van der Waals surface area contributed by atoms with E-state index < -0.39 is 0 Å². The van der Waals surface area contributed by atoms with Gasteiger partial charge in [-0.05, 0) is 32.0 Å². The van der Waals surface area contributed by atoms with Crippen LogP contribution in [0.5, 0.6) is 0 Å². The molecule has 1 amide bonds. The summed E-state index contributed by atoms with van der Waals surface area (Å²) in [5, 5.41) is 2.97. The normalized spacial score (nSPS) is 18.8. The third kappa shape index (κ3) is 1.94. The second kappa shape index (κ2) is 3.77. The third-order valence-electron chi connectivity index (χ3n) is 2.87. The number of fused-ring (bicyclic) bond motifs is 1. The first-order valence-corrected chi connectivity index (χ1v) is 6.01. The van der Waals surface area contributed by atoms with Gasteiger partial charge in [0.25, 0.3) is 0 Å². The second-order valence-electron chi connectivity index (χ2n) is 4.86. The number of rotatable bonds is 0. The van der Waals surface area contributed by atoms with Crippen LogP contribution < -0.4 is 10.2 Å². The van der Waals surface area contributed by atoms with Crippen molar-refractivity contribution >= 4 is 33.2 Å². The molecule has 86 valence electrons. The van der Waals surface area contributed by atoms with E-state index in [9.17, 15) is 4.79 Å². The third-order valence-corrected chi connectivity index (χ3v) is 3.36. The Morgan fingerprint density at radius 3 is 2.81 bits per heavy atom. The monoisotopic (exact) mass is 282 g/mol. The lowest BCUT2D eigenvalue weighted by atomic mass is 9.92. The number of carbonyl (C=O) groups is 1. The smallest absolute Gasteiger partial charge is 0.231 e. The molecule has 1 N–H and O–H groups in total. The molecular weight excluding hydrogens is 268 g/mol. The fourth-order valence-electron chi connectivity index (χ4n) is 1.98. The number of benzene rings is 1. The van der Waals surface area contributed by atoms with Crippen LogP contribution >= 0.6 is 15.9 Å². The van der Waals surface area contributed by atoms with Gasteiger partial charge < -0.3 is 10.2 Å². The Kier molecular flexibility index (Phi) is 2.70. The van der Waals surface area contributed by atoms with Crippen molar-refractivity contribution in [2.75, 3.05) is 23.8 Å². The van der Waals surface area contributed by atoms with Crippen LogP contribution in [-0.2, 0) is 4.79 Å². The first-order chi connectivity index (χ1) is 7.40. The van der Waals surface area contributed by atoms with Gasteiger partial charge in [-0.3, -0.25) is 4.79 Å². The fourth-order valence-corrected chi connectivity index (χ4v) is 2.34. The highest BCUT2D eigenvalue weighted by molar-refractivity contribution is 9.10. The van der Waals surface area contributed by atoms with Gasteiger partial charge in [-0.25, -0.2) is 0 Å². The van der Waals surface area contributed by atoms with Crippen molar-refractivity contribution in [2.45, 2.75) is 13.8 Å². The molecule has 0 bridgehead atoms. The SMILES string of the molecule is CN1CC(C)(C)C(=O)Nc2cc(Br)ccc21. The molecule has 0 saturated heterocycles. The molecule has 0 saturated carbocycles. The molecule has 0 spiro atoms. The standard InChI is InChI=1S/C12H15BrN2O/c1-12(2)7-15(3)10-5-4-8(13)6-9(10)14-11(12)16/h4-6H,7H2,1-3H3,(H,14,16). The topological polar surface area (TPSA) is 32.3 Å². The molecule has 0 atom stereocenters. The molecule has 3 nitrogen and oxygen atoms in total. The average Bonchev–Trinajstić information content (AvgIpc) is 2.23. The predicted octanol–water partition coefficient (Wildman–Crippen LogP) is 2.86. The number of hydrogen-bond donors (Lipinski definition) is 1. The lowest BCUT2D eigenvalue weighted by Crippen LogP contribution is -2.37. The zero-order valence-corrected chi connectivity index (χ0v) is 11.3.